The van der Waals surface area contributed by atoms with Gasteiger partial charge in [-0.15, -0.1) is 11.8 Å². The summed E-state index contributed by atoms with van der Waals surface area (Å²) in [6.07, 6.45) is 0. The van der Waals surface area contributed by atoms with E-state index in [0.717, 1.165) is 16.9 Å². The van der Waals surface area contributed by atoms with Gasteiger partial charge >= 0.3 is 0 Å². The van der Waals surface area contributed by atoms with E-state index in [0.29, 0.717) is 6.54 Å². The van der Waals surface area contributed by atoms with Crippen molar-refractivity contribution in [1.82, 2.24) is 0 Å². The van der Waals surface area contributed by atoms with Crippen LogP contribution in [0.2, 0.25) is 0 Å². The number of thioether (sulfide) groups is 1. The molecule has 68 valence electrons. The molecule has 13 heavy (non-hydrogen) atoms. The zero-order chi connectivity index (χ0) is 9.68. The van der Waals surface area contributed by atoms with Gasteiger partial charge in [-0.05, 0) is 30.7 Å². The molecule has 1 rings (SSSR count). The Morgan fingerprint density at radius 3 is 2.85 bits per heavy atom. The average molecular weight is 192 g/mol. The van der Waals surface area contributed by atoms with E-state index in [1.807, 2.05) is 25.1 Å². The smallest absolute Gasteiger partial charge is 0.0991 e. The van der Waals surface area contributed by atoms with Gasteiger partial charge in [0, 0.05) is 17.2 Å². The molecule has 0 spiro atoms. The van der Waals surface area contributed by atoms with E-state index >= 15 is 0 Å². The summed E-state index contributed by atoms with van der Waals surface area (Å²) in [5, 5.41) is 8.65. The number of benzene rings is 1. The highest BCUT2D eigenvalue weighted by Crippen LogP contribution is 2.22. The second-order valence-corrected chi connectivity index (χ2v) is 3.87. The predicted molar refractivity (Wildman–Crippen MR) is 55.7 cm³/mol. The summed E-state index contributed by atoms with van der Waals surface area (Å²) in [5.41, 5.74) is 7.28. The SMILES string of the molecule is Cc1cc(C#N)ccc1SCCN. The molecule has 1 aromatic carbocycles. The molecular weight excluding hydrogens is 180 g/mol. The van der Waals surface area contributed by atoms with E-state index in [1.165, 1.54) is 4.90 Å². The van der Waals surface area contributed by atoms with Gasteiger partial charge in [-0.25, -0.2) is 0 Å². The fraction of sp³-hybridized carbons (Fsp3) is 0.300. The molecule has 0 atom stereocenters. The van der Waals surface area contributed by atoms with Crippen molar-refractivity contribution in [2.75, 3.05) is 12.3 Å². The first-order valence-electron chi connectivity index (χ1n) is 4.11. The first-order chi connectivity index (χ1) is 6.27. The number of rotatable bonds is 3. The molecule has 0 amide bonds. The van der Waals surface area contributed by atoms with Gasteiger partial charge in [0.1, 0.15) is 0 Å². The van der Waals surface area contributed by atoms with Crippen LogP contribution >= 0.6 is 11.8 Å². The predicted octanol–water partition coefficient (Wildman–Crippen LogP) is 1.92. The van der Waals surface area contributed by atoms with Crippen LogP contribution in [0, 0.1) is 18.3 Å². The van der Waals surface area contributed by atoms with Crippen LogP contribution in [0.3, 0.4) is 0 Å². The zero-order valence-corrected chi connectivity index (χ0v) is 8.40. The van der Waals surface area contributed by atoms with Crippen LogP contribution in [0.5, 0.6) is 0 Å². The van der Waals surface area contributed by atoms with Crippen LogP contribution in [-0.4, -0.2) is 12.3 Å². The Bertz CT molecular complexity index is 328. The zero-order valence-electron chi connectivity index (χ0n) is 7.58. The molecule has 0 aliphatic rings. The maximum absolute atomic E-state index is 8.65. The molecule has 0 saturated heterocycles. The Hall–Kier alpha value is -0.980. The van der Waals surface area contributed by atoms with Crippen molar-refractivity contribution >= 4 is 11.8 Å². The summed E-state index contributed by atoms with van der Waals surface area (Å²) in [6, 6.07) is 7.84. The van der Waals surface area contributed by atoms with Crippen molar-refractivity contribution in [1.29, 1.82) is 5.26 Å². The molecule has 3 heteroatoms. The molecule has 0 radical (unpaired) electrons. The van der Waals surface area contributed by atoms with Crippen molar-refractivity contribution < 1.29 is 0 Å². The van der Waals surface area contributed by atoms with Crippen LogP contribution in [0.1, 0.15) is 11.1 Å². The summed E-state index contributed by atoms with van der Waals surface area (Å²) in [5.74, 6) is 0.923. The highest BCUT2D eigenvalue weighted by molar-refractivity contribution is 7.99. The molecular formula is C10H12N2S. The Morgan fingerprint density at radius 2 is 2.31 bits per heavy atom. The van der Waals surface area contributed by atoms with Crippen molar-refractivity contribution in [3.8, 4) is 6.07 Å². The number of aryl methyl sites for hydroxylation is 1. The molecule has 0 aromatic heterocycles. The standard InChI is InChI=1S/C10H12N2S/c1-8-6-9(7-12)2-3-10(8)13-5-4-11/h2-3,6H,4-5,11H2,1H3. The molecule has 0 aliphatic heterocycles. The highest BCUT2D eigenvalue weighted by atomic mass is 32.2. The van der Waals surface area contributed by atoms with Gasteiger partial charge in [0.25, 0.3) is 0 Å². The molecule has 0 saturated carbocycles. The van der Waals surface area contributed by atoms with Crippen LogP contribution in [0.15, 0.2) is 23.1 Å². The lowest BCUT2D eigenvalue weighted by atomic mass is 10.2. The van der Waals surface area contributed by atoms with Crippen LogP contribution < -0.4 is 5.73 Å². The third kappa shape index (κ3) is 2.76. The van der Waals surface area contributed by atoms with E-state index in [4.69, 9.17) is 11.0 Å². The second-order valence-electron chi connectivity index (χ2n) is 2.73. The highest BCUT2D eigenvalue weighted by Gasteiger charge is 1.99. The minimum Gasteiger partial charge on any atom is -0.330 e. The molecule has 0 bridgehead atoms. The fourth-order valence-corrected chi connectivity index (χ4v) is 1.84. The molecule has 0 aliphatic carbocycles. The topological polar surface area (TPSA) is 49.8 Å². The normalized spacial score (nSPS) is 9.62. The maximum atomic E-state index is 8.65. The molecule has 0 fully saturated rings. The third-order valence-corrected chi connectivity index (χ3v) is 2.89. The summed E-state index contributed by atoms with van der Waals surface area (Å²) < 4.78 is 0. The van der Waals surface area contributed by atoms with Crippen molar-refractivity contribution in [3.05, 3.63) is 29.3 Å². The first-order valence-corrected chi connectivity index (χ1v) is 5.10. The van der Waals surface area contributed by atoms with Gasteiger partial charge in [-0.3, -0.25) is 0 Å². The Morgan fingerprint density at radius 1 is 1.54 bits per heavy atom. The van der Waals surface area contributed by atoms with Crippen LogP contribution in [0.4, 0.5) is 0 Å². The van der Waals surface area contributed by atoms with Crippen molar-refractivity contribution in [2.24, 2.45) is 5.73 Å². The monoisotopic (exact) mass is 192 g/mol. The van der Waals surface area contributed by atoms with Gasteiger partial charge in [0.2, 0.25) is 0 Å². The van der Waals surface area contributed by atoms with Crippen molar-refractivity contribution in [2.45, 2.75) is 11.8 Å². The quantitative estimate of drug-likeness (QED) is 0.744. The van der Waals surface area contributed by atoms with Gasteiger partial charge in [0.05, 0.1) is 11.6 Å². The summed E-state index contributed by atoms with van der Waals surface area (Å²) >= 11 is 1.73. The molecule has 2 N–H and O–H groups in total. The number of nitriles is 1. The number of nitrogens with two attached hydrogens (primary N) is 1. The van der Waals surface area contributed by atoms with E-state index < -0.39 is 0 Å². The lowest BCUT2D eigenvalue weighted by Crippen LogP contribution is -2.01. The second kappa shape index (κ2) is 4.90. The molecule has 2 nitrogen and oxygen atoms in total. The summed E-state index contributed by atoms with van der Waals surface area (Å²) in [6.45, 7) is 2.70. The Balaban J connectivity index is 2.81. The van der Waals surface area contributed by atoms with E-state index in [1.54, 1.807) is 11.8 Å². The number of nitrogens with zero attached hydrogens (tertiary/aromatic N) is 1. The van der Waals surface area contributed by atoms with E-state index in [9.17, 15) is 0 Å². The third-order valence-electron chi connectivity index (χ3n) is 1.68. The Kier molecular flexibility index (Phi) is 3.81. The molecule has 0 unspecified atom stereocenters. The van der Waals surface area contributed by atoms with Gasteiger partial charge in [0.15, 0.2) is 0 Å². The largest absolute Gasteiger partial charge is 0.330 e. The lowest BCUT2D eigenvalue weighted by Gasteiger charge is -2.03. The number of hydrogen-bond acceptors (Lipinski definition) is 3. The summed E-state index contributed by atoms with van der Waals surface area (Å²) in [4.78, 5) is 1.21. The first kappa shape index (κ1) is 10.1. The molecule has 0 heterocycles. The van der Waals surface area contributed by atoms with E-state index in [2.05, 4.69) is 6.07 Å². The van der Waals surface area contributed by atoms with Gasteiger partial charge in [-0.1, -0.05) is 0 Å². The fourth-order valence-electron chi connectivity index (χ4n) is 1.05. The van der Waals surface area contributed by atoms with Crippen molar-refractivity contribution in [3.63, 3.8) is 0 Å². The lowest BCUT2D eigenvalue weighted by molar-refractivity contribution is 1.14. The summed E-state index contributed by atoms with van der Waals surface area (Å²) in [7, 11) is 0. The maximum Gasteiger partial charge on any atom is 0.0991 e. The Labute approximate surface area is 82.7 Å². The van der Waals surface area contributed by atoms with Crippen LogP contribution in [0.25, 0.3) is 0 Å². The minimum absolute atomic E-state index is 0.685. The van der Waals surface area contributed by atoms with E-state index in [-0.39, 0.29) is 0 Å². The minimum atomic E-state index is 0.685. The van der Waals surface area contributed by atoms with Gasteiger partial charge < -0.3 is 5.73 Å². The molecule has 1 aromatic rings. The van der Waals surface area contributed by atoms with Gasteiger partial charge in [-0.2, -0.15) is 5.26 Å². The average Bonchev–Trinajstić information content (AvgIpc) is 2.16. The van der Waals surface area contributed by atoms with Crippen LogP contribution in [-0.2, 0) is 0 Å². The number of hydrogen-bond donors (Lipinski definition) is 1.